The zero-order chi connectivity index (χ0) is 17.5. The third-order valence-corrected chi connectivity index (χ3v) is 3.59. The van der Waals surface area contributed by atoms with E-state index in [2.05, 4.69) is 34.4 Å². The zero-order valence-electron chi connectivity index (χ0n) is 14.2. The monoisotopic (exact) mass is 326 g/mol. The van der Waals surface area contributed by atoms with Crippen LogP contribution in [0, 0.1) is 6.92 Å². The van der Waals surface area contributed by atoms with E-state index in [9.17, 15) is 9.59 Å². The fourth-order valence-electron chi connectivity index (χ4n) is 2.32. The van der Waals surface area contributed by atoms with Crippen LogP contribution < -0.4 is 15.5 Å². The molecule has 2 N–H and O–H groups in total. The Labute approximate surface area is 141 Å². The maximum atomic E-state index is 12.0. The molecule has 0 aliphatic carbocycles. The highest BCUT2D eigenvalue weighted by Gasteiger charge is 2.14. The molecule has 0 aliphatic heterocycles. The molecule has 6 heteroatoms. The van der Waals surface area contributed by atoms with Gasteiger partial charge in [-0.15, -0.1) is 0 Å². The van der Waals surface area contributed by atoms with Crippen LogP contribution >= 0.6 is 0 Å². The molecule has 0 spiro atoms. The van der Waals surface area contributed by atoms with E-state index in [1.807, 2.05) is 25.1 Å². The maximum Gasteiger partial charge on any atom is 0.315 e. The maximum absolute atomic E-state index is 12.0. The average Bonchev–Trinajstić information content (AvgIpc) is 2.57. The minimum absolute atomic E-state index is 0.354. The average molecular weight is 326 g/mol. The van der Waals surface area contributed by atoms with Gasteiger partial charge in [0.15, 0.2) is 0 Å². The predicted molar refractivity (Wildman–Crippen MR) is 96.2 cm³/mol. The van der Waals surface area contributed by atoms with Gasteiger partial charge in [-0.05, 0) is 57.2 Å². The van der Waals surface area contributed by atoms with Gasteiger partial charge in [0.05, 0.1) is 0 Å². The van der Waals surface area contributed by atoms with Gasteiger partial charge in [0.25, 0.3) is 0 Å². The lowest BCUT2D eigenvalue weighted by Crippen LogP contribution is -2.29. The van der Waals surface area contributed by atoms with Gasteiger partial charge in [0, 0.05) is 30.2 Å². The van der Waals surface area contributed by atoms with E-state index in [-0.39, 0.29) is 0 Å². The van der Waals surface area contributed by atoms with Crippen molar-refractivity contribution in [1.29, 1.82) is 0 Å². The Balaban J connectivity index is 1.97. The molecule has 1 aromatic carbocycles. The van der Waals surface area contributed by atoms with E-state index in [4.69, 9.17) is 0 Å². The molecular weight excluding hydrogens is 304 g/mol. The third kappa shape index (κ3) is 4.55. The first-order chi connectivity index (χ1) is 11.5. The van der Waals surface area contributed by atoms with Crippen LogP contribution in [0.1, 0.15) is 19.5 Å². The largest absolute Gasteiger partial charge is 0.372 e. The Hall–Kier alpha value is -2.89. The van der Waals surface area contributed by atoms with Crippen molar-refractivity contribution in [3.8, 4) is 0 Å². The van der Waals surface area contributed by atoms with E-state index in [0.29, 0.717) is 11.5 Å². The summed E-state index contributed by atoms with van der Waals surface area (Å²) in [7, 11) is 0. The number of hydrogen-bond acceptors (Lipinski definition) is 4. The van der Waals surface area contributed by atoms with E-state index in [1.54, 1.807) is 24.3 Å². The number of benzene rings is 1. The molecule has 24 heavy (non-hydrogen) atoms. The van der Waals surface area contributed by atoms with Crippen LogP contribution in [-0.2, 0) is 9.59 Å². The molecule has 1 heterocycles. The van der Waals surface area contributed by atoms with Gasteiger partial charge in [-0.3, -0.25) is 9.59 Å². The lowest BCUT2D eigenvalue weighted by molar-refractivity contribution is -0.133. The van der Waals surface area contributed by atoms with Crippen molar-refractivity contribution >= 4 is 29.0 Å². The number of pyridine rings is 1. The normalized spacial score (nSPS) is 10.1. The first-order valence-electron chi connectivity index (χ1n) is 7.94. The Morgan fingerprint density at radius 2 is 1.58 bits per heavy atom. The second-order valence-corrected chi connectivity index (χ2v) is 5.29. The molecule has 1 aromatic heterocycles. The van der Waals surface area contributed by atoms with Gasteiger partial charge >= 0.3 is 11.8 Å². The molecule has 2 aromatic rings. The Kier molecular flexibility index (Phi) is 5.89. The molecule has 0 bridgehead atoms. The number of carbonyl (C=O) groups excluding carboxylic acids is 2. The summed E-state index contributed by atoms with van der Waals surface area (Å²) in [5, 5.41) is 5.06. The highest BCUT2D eigenvalue weighted by Crippen LogP contribution is 2.17. The molecule has 0 saturated heterocycles. The number of anilines is 3. The van der Waals surface area contributed by atoms with Crippen molar-refractivity contribution in [2.75, 3.05) is 28.6 Å². The molecule has 6 nitrogen and oxygen atoms in total. The molecule has 0 radical (unpaired) electrons. The second kappa shape index (κ2) is 8.10. The molecular formula is C18H22N4O2. The lowest BCUT2D eigenvalue weighted by Gasteiger charge is -2.21. The van der Waals surface area contributed by atoms with Crippen LogP contribution in [0.5, 0.6) is 0 Å². The molecule has 2 rings (SSSR count). The summed E-state index contributed by atoms with van der Waals surface area (Å²) < 4.78 is 0. The zero-order valence-corrected chi connectivity index (χ0v) is 14.2. The number of carbonyl (C=O) groups is 2. The predicted octanol–water partition coefficient (Wildman–Crippen LogP) is 2.81. The number of nitrogens with zero attached hydrogens (tertiary/aromatic N) is 2. The minimum atomic E-state index is -0.749. The van der Waals surface area contributed by atoms with Crippen LogP contribution in [0.4, 0.5) is 17.2 Å². The van der Waals surface area contributed by atoms with Crippen LogP contribution in [0.2, 0.25) is 0 Å². The summed E-state index contributed by atoms with van der Waals surface area (Å²) in [6, 6.07) is 12.6. The molecule has 0 atom stereocenters. The topological polar surface area (TPSA) is 74.3 Å². The van der Waals surface area contributed by atoms with Crippen LogP contribution in [-0.4, -0.2) is 29.9 Å². The van der Waals surface area contributed by atoms with Gasteiger partial charge in [0.1, 0.15) is 5.82 Å². The van der Waals surface area contributed by atoms with Crippen molar-refractivity contribution in [2.24, 2.45) is 0 Å². The highest BCUT2D eigenvalue weighted by molar-refractivity contribution is 6.43. The van der Waals surface area contributed by atoms with E-state index in [0.717, 1.165) is 24.5 Å². The van der Waals surface area contributed by atoms with Crippen molar-refractivity contribution < 1.29 is 9.59 Å². The molecule has 0 saturated carbocycles. The smallest absolute Gasteiger partial charge is 0.315 e. The Morgan fingerprint density at radius 3 is 2.17 bits per heavy atom. The summed E-state index contributed by atoms with van der Waals surface area (Å²) in [6.45, 7) is 7.81. The number of amides is 2. The summed E-state index contributed by atoms with van der Waals surface area (Å²) in [5.74, 6) is -1.12. The summed E-state index contributed by atoms with van der Waals surface area (Å²) in [6.07, 6.45) is 0. The third-order valence-electron chi connectivity index (χ3n) is 3.59. The van der Waals surface area contributed by atoms with Crippen LogP contribution in [0.3, 0.4) is 0 Å². The van der Waals surface area contributed by atoms with Crippen molar-refractivity contribution in [3.63, 3.8) is 0 Å². The highest BCUT2D eigenvalue weighted by atomic mass is 16.2. The first-order valence-corrected chi connectivity index (χ1v) is 7.94. The summed E-state index contributed by atoms with van der Waals surface area (Å²) in [4.78, 5) is 30.2. The van der Waals surface area contributed by atoms with E-state index in [1.165, 1.54) is 0 Å². The number of hydrogen-bond donors (Lipinski definition) is 2. The van der Waals surface area contributed by atoms with Gasteiger partial charge in [0.2, 0.25) is 0 Å². The van der Waals surface area contributed by atoms with Gasteiger partial charge < -0.3 is 15.5 Å². The standard InChI is InChI=1S/C18H22N4O2/c1-4-22(5-2)15-11-9-14(10-12-15)20-17(23)18(24)21-16-8-6-7-13(3)19-16/h6-12H,4-5H2,1-3H3,(H,20,23)(H,19,21,24). The summed E-state index contributed by atoms with van der Waals surface area (Å²) >= 11 is 0. The van der Waals surface area contributed by atoms with Crippen molar-refractivity contribution in [1.82, 2.24) is 4.98 Å². The fourth-order valence-corrected chi connectivity index (χ4v) is 2.32. The number of aromatic nitrogens is 1. The van der Waals surface area contributed by atoms with Crippen LogP contribution in [0.25, 0.3) is 0 Å². The number of rotatable bonds is 5. The fraction of sp³-hybridized carbons (Fsp3) is 0.278. The van der Waals surface area contributed by atoms with E-state index < -0.39 is 11.8 Å². The SMILES string of the molecule is CCN(CC)c1ccc(NC(=O)C(=O)Nc2cccc(C)n2)cc1. The quantitative estimate of drug-likeness (QED) is 0.829. The molecule has 0 aliphatic rings. The molecule has 2 amide bonds. The Morgan fingerprint density at radius 1 is 0.958 bits per heavy atom. The van der Waals surface area contributed by atoms with Crippen molar-refractivity contribution in [2.45, 2.75) is 20.8 Å². The minimum Gasteiger partial charge on any atom is -0.372 e. The number of aryl methyl sites for hydroxylation is 1. The van der Waals surface area contributed by atoms with E-state index >= 15 is 0 Å². The molecule has 0 unspecified atom stereocenters. The van der Waals surface area contributed by atoms with Gasteiger partial charge in [-0.1, -0.05) is 6.07 Å². The first kappa shape index (κ1) is 17.5. The molecule has 126 valence electrons. The lowest BCUT2D eigenvalue weighted by atomic mass is 10.2. The molecule has 0 fully saturated rings. The van der Waals surface area contributed by atoms with Gasteiger partial charge in [-0.2, -0.15) is 0 Å². The number of nitrogens with one attached hydrogen (secondary N) is 2. The second-order valence-electron chi connectivity index (χ2n) is 5.29. The Bertz CT molecular complexity index is 709. The van der Waals surface area contributed by atoms with Crippen molar-refractivity contribution in [3.05, 3.63) is 48.2 Å². The summed E-state index contributed by atoms with van der Waals surface area (Å²) in [5.41, 5.74) is 2.41. The van der Waals surface area contributed by atoms with Gasteiger partial charge in [-0.25, -0.2) is 4.98 Å². The van der Waals surface area contributed by atoms with Crippen LogP contribution in [0.15, 0.2) is 42.5 Å².